The van der Waals surface area contributed by atoms with E-state index in [1.807, 2.05) is 6.92 Å². The molecule has 8 heavy (non-hydrogen) atoms. The number of hydrogen-bond acceptors (Lipinski definition) is 2. The fourth-order valence-corrected chi connectivity index (χ4v) is 0.808. The Balaban J connectivity index is 3.56. The molecular weight excluding hydrogens is 124 g/mol. The van der Waals surface area contributed by atoms with Gasteiger partial charge in [-0.1, -0.05) is 22.7 Å². The van der Waals surface area contributed by atoms with Gasteiger partial charge in [-0.15, -0.1) is 0 Å². The van der Waals surface area contributed by atoms with Gasteiger partial charge in [0.1, 0.15) is 0 Å². The molecule has 0 aliphatic heterocycles. The Labute approximate surface area is 51.9 Å². The van der Waals surface area contributed by atoms with Crippen LogP contribution in [-0.4, -0.2) is 14.5 Å². The van der Waals surface area contributed by atoms with Gasteiger partial charge in [0.25, 0.3) is 0 Å². The van der Waals surface area contributed by atoms with Gasteiger partial charge in [0.05, 0.1) is 0 Å². The molecule has 48 valence electrons. The predicted octanol–water partition coefficient (Wildman–Crippen LogP) is 0.832. The van der Waals surface area contributed by atoms with Gasteiger partial charge in [-0.2, -0.15) is 0 Å². The summed E-state index contributed by atoms with van der Waals surface area (Å²) >= 11 is -1.91. The van der Waals surface area contributed by atoms with Crippen LogP contribution < -0.4 is 0 Å². The van der Waals surface area contributed by atoms with Crippen molar-refractivity contribution in [2.45, 2.75) is 13.8 Å². The van der Waals surface area contributed by atoms with E-state index in [1.54, 1.807) is 13.0 Å². The first-order valence-corrected chi connectivity index (χ1v) is 3.59. The second-order valence-electron chi connectivity index (χ2n) is 1.58. The lowest BCUT2D eigenvalue weighted by atomic mass is 10.3. The Hall–Kier alpha value is -0.150. The van der Waals surface area contributed by atoms with Crippen molar-refractivity contribution in [2.24, 2.45) is 0 Å². The van der Waals surface area contributed by atoms with Crippen molar-refractivity contribution < 1.29 is 8.76 Å². The van der Waals surface area contributed by atoms with Gasteiger partial charge in [0.2, 0.25) is 0 Å². The summed E-state index contributed by atoms with van der Waals surface area (Å²) in [5, 5.41) is 0. The Morgan fingerprint density at radius 2 is 2.38 bits per heavy atom. The maximum absolute atomic E-state index is 9.93. The summed E-state index contributed by atoms with van der Waals surface area (Å²) in [5.41, 5.74) is 0.887. The number of rotatable bonds is 2. The zero-order valence-electron chi connectivity index (χ0n) is 5.01. The summed E-state index contributed by atoms with van der Waals surface area (Å²) in [6.07, 6.45) is 1.79. The summed E-state index contributed by atoms with van der Waals surface area (Å²) in [4.78, 5) is 0. The van der Waals surface area contributed by atoms with Crippen LogP contribution in [-0.2, 0) is 11.1 Å². The summed E-state index contributed by atoms with van der Waals surface area (Å²) in [5.74, 6) is 0.163. The third kappa shape index (κ3) is 4.02. The molecule has 0 N–H and O–H groups in total. The topological polar surface area (TPSA) is 40.1 Å². The summed E-state index contributed by atoms with van der Waals surface area (Å²) in [7, 11) is 0. The lowest BCUT2D eigenvalue weighted by molar-refractivity contribution is 0.539. The molecule has 0 aromatic heterocycles. The Kier molecular flexibility index (Phi) is 3.73. The first kappa shape index (κ1) is 7.85. The molecule has 0 rings (SSSR count). The summed E-state index contributed by atoms with van der Waals surface area (Å²) < 4.78 is 19.9. The molecule has 0 amide bonds. The quantitative estimate of drug-likeness (QED) is 0.413. The van der Waals surface area contributed by atoms with Crippen molar-refractivity contribution in [3.63, 3.8) is 0 Å². The van der Waals surface area contributed by atoms with Crippen molar-refractivity contribution in [1.29, 1.82) is 0 Å². The zero-order valence-corrected chi connectivity index (χ0v) is 5.83. The monoisotopic (exact) mass is 133 g/mol. The highest BCUT2D eigenvalue weighted by atomic mass is 32.2. The Morgan fingerprint density at radius 3 is 2.50 bits per heavy atom. The second-order valence-corrected chi connectivity index (χ2v) is 2.48. The molecule has 3 heteroatoms. The van der Waals surface area contributed by atoms with Crippen LogP contribution in [0.15, 0.2) is 11.6 Å². The highest BCUT2D eigenvalue weighted by molar-refractivity contribution is 7.79. The van der Waals surface area contributed by atoms with Gasteiger partial charge in [-0.25, -0.2) is 0 Å². The average molecular weight is 133 g/mol. The SMILES string of the molecule is CC=C(C)CS(=O)[O-]. The maximum atomic E-state index is 9.93. The molecule has 0 aromatic carbocycles. The van der Waals surface area contributed by atoms with Crippen molar-refractivity contribution in [3.05, 3.63) is 11.6 Å². The molecule has 0 aromatic rings. The largest absolute Gasteiger partial charge is 0.772 e. The molecule has 2 nitrogen and oxygen atoms in total. The van der Waals surface area contributed by atoms with Gasteiger partial charge in [0.15, 0.2) is 0 Å². The third-order valence-corrected chi connectivity index (χ3v) is 1.53. The fraction of sp³-hybridized carbons (Fsp3) is 0.600. The lowest BCUT2D eigenvalue weighted by Crippen LogP contribution is -1.95. The molecule has 0 aliphatic carbocycles. The van der Waals surface area contributed by atoms with Crippen LogP contribution in [0.1, 0.15) is 13.8 Å². The van der Waals surface area contributed by atoms with Crippen LogP contribution in [0.3, 0.4) is 0 Å². The molecule has 1 unspecified atom stereocenters. The molecule has 0 saturated carbocycles. The molecule has 0 aliphatic rings. The minimum absolute atomic E-state index is 0.163. The molecule has 0 saturated heterocycles. The fourth-order valence-electron chi connectivity index (χ4n) is 0.269. The van der Waals surface area contributed by atoms with Crippen molar-refractivity contribution in [3.8, 4) is 0 Å². The van der Waals surface area contributed by atoms with E-state index in [1.165, 1.54) is 0 Å². The summed E-state index contributed by atoms with van der Waals surface area (Å²) in [6, 6.07) is 0. The van der Waals surface area contributed by atoms with Crippen LogP contribution >= 0.6 is 0 Å². The minimum Gasteiger partial charge on any atom is -0.772 e. The van der Waals surface area contributed by atoms with Crippen molar-refractivity contribution in [1.82, 2.24) is 0 Å². The van der Waals surface area contributed by atoms with Crippen LogP contribution in [0.25, 0.3) is 0 Å². The zero-order chi connectivity index (χ0) is 6.57. The molecule has 0 heterocycles. The normalized spacial score (nSPS) is 16.1. The van der Waals surface area contributed by atoms with Crippen molar-refractivity contribution in [2.75, 3.05) is 5.75 Å². The molecule has 0 fully saturated rings. The van der Waals surface area contributed by atoms with Crippen LogP contribution in [0.4, 0.5) is 0 Å². The van der Waals surface area contributed by atoms with Gasteiger partial charge in [-0.3, -0.25) is 4.21 Å². The Morgan fingerprint density at radius 1 is 1.88 bits per heavy atom. The van der Waals surface area contributed by atoms with Crippen LogP contribution in [0, 0.1) is 0 Å². The van der Waals surface area contributed by atoms with E-state index in [-0.39, 0.29) is 5.75 Å². The second kappa shape index (κ2) is 3.80. The number of hydrogen-bond donors (Lipinski definition) is 0. The van der Waals surface area contributed by atoms with Gasteiger partial charge in [0, 0.05) is 5.75 Å². The van der Waals surface area contributed by atoms with E-state index in [4.69, 9.17) is 0 Å². The predicted molar refractivity (Wildman–Crippen MR) is 33.2 cm³/mol. The molecule has 1 atom stereocenters. The third-order valence-electron chi connectivity index (χ3n) is 0.838. The first-order valence-electron chi connectivity index (χ1n) is 2.34. The minimum atomic E-state index is -1.91. The Bertz CT molecular complexity index is 118. The van der Waals surface area contributed by atoms with E-state index in [0.29, 0.717) is 0 Å². The van der Waals surface area contributed by atoms with E-state index in [9.17, 15) is 8.76 Å². The smallest absolute Gasteiger partial charge is 0.0309 e. The highest BCUT2D eigenvalue weighted by Crippen LogP contribution is 1.91. The highest BCUT2D eigenvalue weighted by Gasteiger charge is 1.83. The molecular formula is C5H9O2S-. The van der Waals surface area contributed by atoms with Gasteiger partial charge in [-0.05, 0) is 13.8 Å². The van der Waals surface area contributed by atoms with Crippen LogP contribution in [0.5, 0.6) is 0 Å². The number of allylic oxidation sites excluding steroid dienone is 1. The first-order chi connectivity index (χ1) is 3.66. The van der Waals surface area contributed by atoms with Gasteiger partial charge < -0.3 is 4.55 Å². The molecule has 0 bridgehead atoms. The van der Waals surface area contributed by atoms with E-state index in [0.717, 1.165) is 5.57 Å². The lowest BCUT2D eigenvalue weighted by Gasteiger charge is -2.02. The standard InChI is InChI=1S/C5H10O2S/c1-3-5(2)4-8(6)7/h3H,4H2,1-2H3,(H,6,7)/p-1. The van der Waals surface area contributed by atoms with E-state index < -0.39 is 11.1 Å². The van der Waals surface area contributed by atoms with E-state index >= 15 is 0 Å². The van der Waals surface area contributed by atoms with Gasteiger partial charge >= 0.3 is 0 Å². The average Bonchev–Trinajstić information content (AvgIpc) is 1.65. The maximum Gasteiger partial charge on any atom is 0.0309 e. The van der Waals surface area contributed by atoms with Crippen LogP contribution in [0.2, 0.25) is 0 Å². The molecule has 0 spiro atoms. The molecule has 0 radical (unpaired) electrons. The summed E-state index contributed by atoms with van der Waals surface area (Å²) in [6.45, 7) is 3.61. The van der Waals surface area contributed by atoms with E-state index in [2.05, 4.69) is 0 Å². The van der Waals surface area contributed by atoms with Crippen molar-refractivity contribution >= 4 is 11.1 Å².